The average Bonchev–Trinajstić information content (AvgIpc) is 3.44. The summed E-state index contributed by atoms with van der Waals surface area (Å²) >= 11 is 0. The molecule has 0 spiro atoms. The molecule has 0 saturated carbocycles. The lowest BCUT2D eigenvalue weighted by Crippen LogP contribution is -2.30. The van der Waals surface area contributed by atoms with Crippen molar-refractivity contribution in [3.8, 4) is 0 Å². The SMILES string of the molecule is CCCC/C=C\CCCCCCCC(=O)OCC(COC(=O)CCCCCCCCCCCCCCCCCCCCCCCCC/C=C\CCCCCCCCCC)OC(=O)CCCCCCCCCCCCCCCC. The van der Waals surface area contributed by atoms with Gasteiger partial charge in [0.15, 0.2) is 6.10 Å². The monoisotopic (exact) mass is 1100 g/mol. The Morgan fingerprint density at radius 1 is 0.244 bits per heavy atom. The molecule has 78 heavy (non-hydrogen) atoms. The highest BCUT2D eigenvalue weighted by molar-refractivity contribution is 5.71. The van der Waals surface area contributed by atoms with E-state index in [0.717, 1.165) is 64.2 Å². The van der Waals surface area contributed by atoms with Crippen LogP contribution in [0, 0.1) is 0 Å². The van der Waals surface area contributed by atoms with Crippen LogP contribution in [0.5, 0.6) is 0 Å². The summed E-state index contributed by atoms with van der Waals surface area (Å²) in [6.07, 6.45) is 82.4. The molecule has 6 nitrogen and oxygen atoms in total. The highest BCUT2D eigenvalue weighted by Gasteiger charge is 2.19. The van der Waals surface area contributed by atoms with E-state index in [1.165, 1.54) is 295 Å². The first-order valence-corrected chi connectivity index (χ1v) is 35.3. The van der Waals surface area contributed by atoms with Crippen LogP contribution in [0.3, 0.4) is 0 Å². The third-order valence-electron chi connectivity index (χ3n) is 16.2. The van der Waals surface area contributed by atoms with Crippen molar-refractivity contribution in [1.29, 1.82) is 0 Å². The standard InChI is InChI=1S/C72H136O6/c1-4-7-10-13-16-19-22-24-26-27-28-29-30-31-32-33-34-35-36-37-38-39-40-41-42-43-44-45-46-48-50-53-56-59-62-65-71(74)77-68-69(67-76-70(73)64-61-58-55-52-49-21-18-15-12-9-6-3)78-72(75)66-63-60-57-54-51-47-25-23-20-17-14-11-8-5-2/h15,18,27-28,69H,4-14,16-17,19-26,29-68H2,1-3H3/b18-15-,28-27-. The molecule has 0 aromatic heterocycles. The molecule has 0 radical (unpaired) electrons. The van der Waals surface area contributed by atoms with Gasteiger partial charge in [-0.2, -0.15) is 0 Å². The van der Waals surface area contributed by atoms with Crippen molar-refractivity contribution in [2.75, 3.05) is 13.2 Å². The number of carbonyl (C=O) groups is 3. The van der Waals surface area contributed by atoms with Gasteiger partial charge in [0.05, 0.1) is 0 Å². The maximum absolute atomic E-state index is 12.9. The molecule has 0 aromatic rings. The predicted octanol–water partition coefficient (Wildman–Crippen LogP) is 24.2. The first-order valence-electron chi connectivity index (χ1n) is 35.3. The Bertz CT molecular complexity index is 1260. The third-order valence-corrected chi connectivity index (χ3v) is 16.2. The Morgan fingerprint density at radius 3 is 0.679 bits per heavy atom. The summed E-state index contributed by atoms with van der Waals surface area (Å²) in [5, 5.41) is 0. The Kier molecular flexibility index (Phi) is 65.6. The molecule has 6 heteroatoms. The van der Waals surface area contributed by atoms with Crippen molar-refractivity contribution < 1.29 is 28.6 Å². The number of rotatable bonds is 66. The predicted molar refractivity (Wildman–Crippen MR) is 340 cm³/mol. The van der Waals surface area contributed by atoms with Gasteiger partial charge in [-0.1, -0.05) is 340 Å². The molecule has 0 rings (SSSR count). The normalized spacial score (nSPS) is 12.1. The fraction of sp³-hybridized carbons (Fsp3) is 0.903. The molecule has 0 N–H and O–H groups in total. The van der Waals surface area contributed by atoms with Gasteiger partial charge in [0.25, 0.3) is 0 Å². The number of esters is 3. The van der Waals surface area contributed by atoms with Gasteiger partial charge >= 0.3 is 17.9 Å². The van der Waals surface area contributed by atoms with Crippen molar-refractivity contribution in [3.05, 3.63) is 24.3 Å². The quantitative estimate of drug-likeness (QED) is 0.0261. The van der Waals surface area contributed by atoms with E-state index in [0.29, 0.717) is 19.3 Å². The molecule has 0 heterocycles. The minimum absolute atomic E-state index is 0.0675. The number of hydrogen-bond donors (Lipinski definition) is 0. The number of allylic oxidation sites excluding steroid dienone is 4. The van der Waals surface area contributed by atoms with Gasteiger partial charge in [-0.25, -0.2) is 0 Å². The van der Waals surface area contributed by atoms with Crippen LogP contribution in [-0.2, 0) is 28.6 Å². The zero-order valence-electron chi connectivity index (χ0n) is 53.0. The molecule has 0 aliphatic heterocycles. The molecule has 1 atom stereocenters. The molecule has 1 unspecified atom stereocenters. The molecular weight excluding hydrogens is 961 g/mol. The van der Waals surface area contributed by atoms with E-state index >= 15 is 0 Å². The van der Waals surface area contributed by atoms with E-state index in [9.17, 15) is 14.4 Å². The Hall–Kier alpha value is -2.11. The van der Waals surface area contributed by atoms with E-state index in [1.807, 2.05) is 0 Å². The summed E-state index contributed by atoms with van der Waals surface area (Å²) in [5.41, 5.74) is 0. The zero-order chi connectivity index (χ0) is 56.4. The smallest absolute Gasteiger partial charge is 0.306 e. The molecule has 0 amide bonds. The maximum atomic E-state index is 12.9. The van der Waals surface area contributed by atoms with Crippen molar-refractivity contribution >= 4 is 17.9 Å². The van der Waals surface area contributed by atoms with Crippen LogP contribution >= 0.6 is 0 Å². The van der Waals surface area contributed by atoms with Gasteiger partial charge in [-0.3, -0.25) is 14.4 Å². The number of ether oxygens (including phenoxy) is 3. The van der Waals surface area contributed by atoms with Gasteiger partial charge in [0.1, 0.15) is 13.2 Å². The number of hydrogen-bond acceptors (Lipinski definition) is 6. The summed E-state index contributed by atoms with van der Waals surface area (Å²) < 4.78 is 16.9. The van der Waals surface area contributed by atoms with Crippen molar-refractivity contribution in [1.82, 2.24) is 0 Å². The van der Waals surface area contributed by atoms with E-state index in [2.05, 4.69) is 45.1 Å². The lowest BCUT2D eigenvalue weighted by molar-refractivity contribution is -0.167. The van der Waals surface area contributed by atoms with Gasteiger partial charge in [-0.15, -0.1) is 0 Å². The molecule has 0 bridgehead atoms. The fourth-order valence-electron chi connectivity index (χ4n) is 10.8. The summed E-state index contributed by atoms with van der Waals surface area (Å²) in [6, 6.07) is 0. The third kappa shape index (κ3) is 64.7. The number of unbranched alkanes of at least 4 members (excludes halogenated alkanes) is 51. The van der Waals surface area contributed by atoms with E-state index in [4.69, 9.17) is 14.2 Å². The summed E-state index contributed by atoms with van der Waals surface area (Å²) in [4.78, 5) is 38.2. The first-order chi connectivity index (χ1) is 38.5. The van der Waals surface area contributed by atoms with E-state index < -0.39 is 6.10 Å². The van der Waals surface area contributed by atoms with Crippen molar-refractivity contribution in [2.24, 2.45) is 0 Å². The van der Waals surface area contributed by atoms with Crippen molar-refractivity contribution in [2.45, 2.75) is 406 Å². The minimum atomic E-state index is -0.769. The minimum Gasteiger partial charge on any atom is -0.462 e. The van der Waals surface area contributed by atoms with Crippen LogP contribution in [0.1, 0.15) is 400 Å². The first kappa shape index (κ1) is 75.9. The maximum Gasteiger partial charge on any atom is 0.306 e. The molecule has 0 saturated heterocycles. The van der Waals surface area contributed by atoms with Crippen LogP contribution in [0.25, 0.3) is 0 Å². The Morgan fingerprint density at radius 2 is 0.436 bits per heavy atom. The second kappa shape index (κ2) is 67.4. The van der Waals surface area contributed by atoms with E-state index in [1.54, 1.807) is 0 Å². The van der Waals surface area contributed by atoms with Crippen LogP contribution in [-0.4, -0.2) is 37.2 Å². The summed E-state index contributed by atoms with van der Waals surface area (Å²) in [6.45, 7) is 6.66. The topological polar surface area (TPSA) is 78.9 Å². The van der Waals surface area contributed by atoms with Crippen LogP contribution in [0.2, 0.25) is 0 Å². The lowest BCUT2D eigenvalue weighted by Gasteiger charge is -2.18. The van der Waals surface area contributed by atoms with Crippen LogP contribution in [0.4, 0.5) is 0 Å². The van der Waals surface area contributed by atoms with Gasteiger partial charge < -0.3 is 14.2 Å². The second-order valence-corrected chi connectivity index (χ2v) is 24.1. The van der Waals surface area contributed by atoms with Gasteiger partial charge in [-0.05, 0) is 64.2 Å². The highest BCUT2D eigenvalue weighted by Crippen LogP contribution is 2.19. The van der Waals surface area contributed by atoms with Crippen molar-refractivity contribution in [3.63, 3.8) is 0 Å². The van der Waals surface area contributed by atoms with Crippen LogP contribution < -0.4 is 0 Å². The summed E-state index contributed by atoms with van der Waals surface area (Å²) in [7, 11) is 0. The molecular formula is C72H136O6. The molecule has 0 aliphatic carbocycles. The average molecular weight is 1100 g/mol. The second-order valence-electron chi connectivity index (χ2n) is 24.1. The Balaban J connectivity index is 3.98. The lowest BCUT2D eigenvalue weighted by atomic mass is 10.0. The van der Waals surface area contributed by atoms with Crippen LogP contribution in [0.15, 0.2) is 24.3 Å². The Labute approximate surface area is 487 Å². The molecule has 0 fully saturated rings. The molecule has 460 valence electrons. The fourth-order valence-corrected chi connectivity index (χ4v) is 10.8. The number of carbonyl (C=O) groups excluding carboxylic acids is 3. The highest BCUT2D eigenvalue weighted by atomic mass is 16.6. The van der Waals surface area contributed by atoms with Gasteiger partial charge in [0, 0.05) is 19.3 Å². The van der Waals surface area contributed by atoms with Gasteiger partial charge in [0.2, 0.25) is 0 Å². The largest absolute Gasteiger partial charge is 0.462 e. The zero-order valence-corrected chi connectivity index (χ0v) is 53.0. The summed E-state index contributed by atoms with van der Waals surface area (Å²) in [5.74, 6) is -0.851. The molecule has 0 aromatic carbocycles. The molecule has 0 aliphatic rings. The van der Waals surface area contributed by atoms with E-state index in [-0.39, 0.29) is 31.1 Å².